The van der Waals surface area contributed by atoms with E-state index in [1.165, 1.54) is 11.0 Å². The van der Waals surface area contributed by atoms with Gasteiger partial charge in [0.15, 0.2) is 0 Å². The summed E-state index contributed by atoms with van der Waals surface area (Å²) in [5.41, 5.74) is 5.99. The summed E-state index contributed by atoms with van der Waals surface area (Å²) in [6.07, 6.45) is 1.95. The Labute approximate surface area is 108 Å². The largest absolute Gasteiger partial charge is 0.328 e. The Balaban J connectivity index is 2.66. The van der Waals surface area contributed by atoms with Crippen molar-refractivity contribution in [2.45, 2.75) is 39.2 Å². The summed E-state index contributed by atoms with van der Waals surface area (Å²) in [7, 11) is 0. The minimum Gasteiger partial charge on any atom is -0.328 e. The Kier molecular flexibility index (Phi) is 5.78. The predicted octanol–water partition coefficient (Wildman–Crippen LogP) is 2.70. The van der Waals surface area contributed by atoms with Gasteiger partial charge in [0, 0.05) is 19.0 Å². The van der Waals surface area contributed by atoms with E-state index < -0.39 is 0 Å². The maximum Gasteiger partial charge on any atom is 0.227 e. The van der Waals surface area contributed by atoms with Crippen LogP contribution in [0.1, 0.15) is 33.1 Å². The summed E-state index contributed by atoms with van der Waals surface area (Å²) in [4.78, 5) is 13.5. The molecule has 0 spiro atoms. The van der Waals surface area contributed by atoms with Gasteiger partial charge >= 0.3 is 0 Å². The van der Waals surface area contributed by atoms with E-state index in [1.54, 1.807) is 18.2 Å². The lowest BCUT2D eigenvalue weighted by Crippen LogP contribution is -2.31. The predicted molar refractivity (Wildman–Crippen MR) is 71.9 cm³/mol. The second-order valence-electron chi connectivity index (χ2n) is 4.46. The van der Waals surface area contributed by atoms with E-state index in [0.717, 1.165) is 12.8 Å². The normalized spacial score (nSPS) is 12.2. The molecule has 0 saturated heterocycles. The summed E-state index contributed by atoms with van der Waals surface area (Å²) in [6, 6.07) is 6.44. The molecule has 0 aliphatic carbocycles. The summed E-state index contributed by atoms with van der Waals surface area (Å²) in [5.74, 6) is -0.414. The molecule has 1 aromatic rings. The average Bonchev–Trinajstić information content (AvgIpc) is 2.32. The van der Waals surface area contributed by atoms with Crippen molar-refractivity contribution in [3.05, 3.63) is 30.1 Å². The zero-order valence-corrected chi connectivity index (χ0v) is 11.0. The average molecular weight is 252 g/mol. The second kappa shape index (κ2) is 7.11. The quantitative estimate of drug-likeness (QED) is 0.846. The molecule has 1 atom stereocenters. The number of nitrogens with two attached hydrogens (primary N) is 1. The lowest BCUT2D eigenvalue weighted by Gasteiger charge is -2.21. The Morgan fingerprint density at radius 1 is 1.44 bits per heavy atom. The first-order chi connectivity index (χ1) is 8.56. The van der Waals surface area contributed by atoms with Crippen molar-refractivity contribution in [3.63, 3.8) is 0 Å². The molecule has 18 heavy (non-hydrogen) atoms. The lowest BCUT2D eigenvalue weighted by atomic mass is 10.1. The minimum absolute atomic E-state index is 0.0525. The molecule has 0 fully saturated rings. The molecule has 0 saturated carbocycles. The Hall–Kier alpha value is -1.42. The van der Waals surface area contributed by atoms with Crippen LogP contribution in [0.25, 0.3) is 0 Å². The van der Waals surface area contributed by atoms with Crippen molar-refractivity contribution >= 4 is 11.6 Å². The highest BCUT2D eigenvalue weighted by molar-refractivity contribution is 5.93. The van der Waals surface area contributed by atoms with Crippen LogP contribution in [-0.4, -0.2) is 18.5 Å². The number of carbonyl (C=O) groups is 1. The second-order valence-corrected chi connectivity index (χ2v) is 4.46. The number of amides is 1. The van der Waals surface area contributed by atoms with E-state index in [4.69, 9.17) is 5.73 Å². The van der Waals surface area contributed by atoms with Crippen LogP contribution in [0.5, 0.6) is 0 Å². The topological polar surface area (TPSA) is 46.3 Å². The molecule has 0 aromatic heterocycles. The van der Waals surface area contributed by atoms with Gasteiger partial charge in [0.05, 0.1) is 5.69 Å². The SMILES string of the molecule is CCN(C(=O)CCCC(C)N)c1ccccc1F. The van der Waals surface area contributed by atoms with Crippen molar-refractivity contribution < 1.29 is 9.18 Å². The molecular weight excluding hydrogens is 231 g/mol. The van der Waals surface area contributed by atoms with Gasteiger partial charge in [-0.1, -0.05) is 12.1 Å². The van der Waals surface area contributed by atoms with Gasteiger partial charge in [-0.3, -0.25) is 4.79 Å². The first-order valence-corrected chi connectivity index (χ1v) is 6.36. The molecular formula is C14H21FN2O. The third-order valence-electron chi connectivity index (χ3n) is 2.81. The molecule has 1 aromatic carbocycles. The monoisotopic (exact) mass is 252 g/mol. The number of nitrogens with zero attached hydrogens (tertiary/aromatic N) is 1. The summed E-state index contributed by atoms with van der Waals surface area (Å²) < 4.78 is 13.6. The molecule has 1 unspecified atom stereocenters. The van der Waals surface area contributed by atoms with Gasteiger partial charge in [0.1, 0.15) is 5.82 Å². The van der Waals surface area contributed by atoms with Crippen LogP contribution in [0.4, 0.5) is 10.1 Å². The number of rotatable bonds is 6. The maximum absolute atomic E-state index is 13.6. The number of hydrogen-bond acceptors (Lipinski definition) is 2. The Bertz CT molecular complexity index is 393. The number of hydrogen-bond donors (Lipinski definition) is 1. The van der Waals surface area contributed by atoms with Gasteiger partial charge < -0.3 is 10.6 Å². The number of benzene rings is 1. The summed E-state index contributed by atoms with van der Waals surface area (Å²) in [6.45, 7) is 4.23. The fourth-order valence-corrected chi connectivity index (χ4v) is 1.86. The standard InChI is InChI=1S/C14H21FN2O/c1-3-17(13-9-5-4-8-12(13)15)14(18)10-6-7-11(2)16/h4-5,8-9,11H,3,6-7,10,16H2,1-2H3. The number of para-hydroxylation sites is 1. The zero-order valence-electron chi connectivity index (χ0n) is 11.0. The van der Waals surface area contributed by atoms with Crippen molar-refractivity contribution in [1.29, 1.82) is 0 Å². The number of anilines is 1. The van der Waals surface area contributed by atoms with Gasteiger partial charge in [-0.15, -0.1) is 0 Å². The highest BCUT2D eigenvalue weighted by Crippen LogP contribution is 2.19. The van der Waals surface area contributed by atoms with Gasteiger partial charge in [-0.05, 0) is 38.8 Å². The smallest absolute Gasteiger partial charge is 0.227 e. The fraction of sp³-hybridized carbons (Fsp3) is 0.500. The molecule has 0 aliphatic rings. The number of halogens is 1. The molecule has 0 aliphatic heterocycles. The minimum atomic E-state index is -0.361. The molecule has 0 bridgehead atoms. The summed E-state index contributed by atoms with van der Waals surface area (Å²) >= 11 is 0. The maximum atomic E-state index is 13.6. The van der Waals surface area contributed by atoms with E-state index in [-0.39, 0.29) is 17.8 Å². The van der Waals surface area contributed by atoms with Crippen LogP contribution in [0, 0.1) is 5.82 Å². The van der Waals surface area contributed by atoms with Gasteiger partial charge in [0.2, 0.25) is 5.91 Å². The van der Waals surface area contributed by atoms with Crippen molar-refractivity contribution in [3.8, 4) is 0 Å². The van der Waals surface area contributed by atoms with Crippen LogP contribution < -0.4 is 10.6 Å². The number of carbonyl (C=O) groups excluding carboxylic acids is 1. The van der Waals surface area contributed by atoms with Crippen LogP contribution >= 0.6 is 0 Å². The molecule has 3 nitrogen and oxygen atoms in total. The van der Waals surface area contributed by atoms with Crippen LogP contribution in [-0.2, 0) is 4.79 Å². The molecule has 4 heteroatoms. The van der Waals surface area contributed by atoms with Crippen molar-refractivity contribution in [2.75, 3.05) is 11.4 Å². The highest BCUT2D eigenvalue weighted by atomic mass is 19.1. The zero-order chi connectivity index (χ0) is 13.5. The van der Waals surface area contributed by atoms with Gasteiger partial charge in [0.25, 0.3) is 0 Å². The van der Waals surface area contributed by atoms with Gasteiger partial charge in [-0.25, -0.2) is 4.39 Å². The molecule has 0 radical (unpaired) electrons. The first-order valence-electron chi connectivity index (χ1n) is 6.36. The Morgan fingerprint density at radius 2 is 2.11 bits per heavy atom. The fourth-order valence-electron chi connectivity index (χ4n) is 1.86. The van der Waals surface area contributed by atoms with Crippen molar-refractivity contribution in [2.24, 2.45) is 5.73 Å². The van der Waals surface area contributed by atoms with Gasteiger partial charge in [-0.2, -0.15) is 0 Å². The lowest BCUT2D eigenvalue weighted by molar-refractivity contribution is -0.118. The molecule has 100 valence electrons. The Morgan fingerprint density at radius 3 is 2.67 bits per heavy atom. The van der Waals surface area contributed by atoms with Crippen molar-refractivity contribution in [1.82, 2.24) is 0 Å². The van der Waals surface area contributed by atoms with E-state index in [9.17, 15) is 9.18 Å². The van der Waals surface area contributed by atoms with E-state index in [0.29, 0.717) is 18.7 Å². The van der Waals surface area contributed by atoms with E-state index in [2.05, 4.69) is 0 Å². The third-order valence-corrected chi connectivity index (χ3v) is 2.81. The van der Waals surface area contributed by atoms with E-state index >= 15 is 0 Å². The van der Waals surface area contributed by atoms with Crippen LogP contribution in [0.2, 0.25) is 0 Å². The van der Waals surface area contributed by atoms with Crippen LogP contribution in [0.15, 0.2) is 24.3 Å². The molecule has 2 N–H and O–H groups in total. The third kappa shape index (κ3) is 4.11. The summed E-state index contributed by atoms with van der Waals surface area (Å²) in [5, 5.41) is 0. The first kappa shape index (κ1) is 14.6. The molecule has 1 rings (SSSR count). The van der Waals surface area contributed by atoms with Crippen LogP contribution in [0.3, 0.4) is 0 Å². The van der Waals surface area contributed by atoms with E-state index in [1.807, 2.05) is 13.8 Å². The highest BCUT2D eigenvalue weighted by Gasteiger charge is 2.16. The molecule has 0 heterocycles. The molecule has 1 amide bonds.